The zero-order chi connectivity index (χ0) is 23.8. The summed E-state index contributed by atoms with van der Waals surface area (Å²) < 4.78 is 0. The second kappa shape index (κ2) is 11.5. The van der Waals surface area contributed by atoms with Crippen molar-refractivity contribution in [3.8, 4) is 0 Å². The Balaban J connectivity index is 2.17. The summed E-state index contributed by atoms with van der Waals surface area (Å²) in [7, 11) is 0. The van der Waals surface area contributed by atoms with Crippen molar-refractivity contribution in [1.29, 1.82) is 0 Å². The van der Waals surface area contributed by atoms with Gasteiger partial charge in [-0.05, 0) is 101 Å². The Morgan fingerprint density at radius 3 is 2.41 bits per heavy atom. The van der Waals surface area contributed by atoms with E-state index >= 15 is 0 Å². The largest absolute Gasteiger partial charge is 0.384 e. The van der Waals surface area contributed by atoms with Crippen LogP contribution in [0.1, 0.15) is 67.1 Å². The van der Waals surface area contributed by atoms with Crippen molar-refractivity contribution in [2.45, 2.75) is 66.8 Å². The van der Waals surface area contributed by atoms with Gasteiger partial charge in [-0.1, -0.05) is 42.5 Å². The molecule has 1 aromatic carbocycles. The van der Waals surface area contributed by atoms with Crippen LogP contribution in [0.4, 0.5) is 0 Å². The number of amidine groups is 1. The van der Waals surface area contributed by atoms with Gasteiger partial charge in [-0.15, -0.1) is 0 Å². The third-order valence-corrected chi connectivity index (χ3v) is 5.85. The zero-order valence-corrected chi connectivity index (χ0v) is 20.4. The molecule has 3 N–H and O–H groups in total. The van der Waals surface area contributed by atoms with Crippen molar-refractivity contribution in [3.05, 3.63) is 93.8 Å². The number of hydrogen-bond donors (Lipinski definition) is 2. The molecule has 4 nitrogen and oxygen atoms in total. The SMILES string of the molecule is C=C\C(C)=C(C)/N=C(N)/C=C\C(=C/C)CC(C=C1CC1)NC(=O)c1cc(C)c(C)cc1C. The normalized spacial score (nSPS) is 16.0. The quantitative estimate of drug-likeness (QED) is 0.213. The van der Waals surface area contributed by atoms with Gasteiger partial charge in [0.05, 0.1) is 6.04 Å². The van der Waals surface area contributed by atoms with Crippen molar-refractivity contribution in [2.24, 2.45) is 10.7 Å². The second-order valence-corrected chi connectivity index (χ2v) is 8.57. The van der Waals surface area contributed by atoms with E-state index in [1.54, 1.807) is 6.08 Å². The molecule has 0 spiro atoms. The van der Waals surface area contributed by atoms with E-state index in [1.807, 2.05) is 58.9 Å². The number of carbonyl (C=O) groups is 1. The van der Waals surface area contributed by atoms with Gasteiger partial charge in [-0.2, -0.15) is 0 Å². The summed E-state index contributed by atoms with van der Waals surface area (Å²) in [5.74, 6) is 0.407. The highest BCUT2D eigenvalue weighted by atomic mass is 16.1. The van der Waals surface area contributed by atoms with Crippen LogP contribution < -0.4 is 11.1 Å². The van der Waals surface area contributed by atoms with E-state index in [1.165, 1.54) is 11.1 Å². The van der Waals surface area contributed by atoms with E-state index < -0.39 is 0 Å². The standard InChI is InChI=1S/C28H37N3O/c1-8-18(3)22(7)30-27(29)13-12-23(9-2)16-25(17-24-10-11-24)31-28(32)26-15-20(5)19(4)14-21(26)6/h8-9,12-15,17,25H,1,10-11,16H2,2-7H3,(H2,29,30)(H,31,32)/b13-12-,22-18-,23-9+. The number of allylic oxidation sites excluding steroid dienone is 6. The minimum Gasteiger partial charge on any atom is -0.384 e. The first kappa shape index (κ1) is 25.1. The van der Waals surface area contributed by atoms with Gasteiger partial charge in [0, 0.05) is 11.3 Å². The summed E-state index contributed by atoms with van der Waals surface area (Å²) in [4.78, 5) is 17.5. The number of nitrogens with zero attached hydrogens (tertiary/aromatic N) is 1. The van der Waals surface area contributed by atoms with Crippen LogP contribution in [-0.2, 0) is 0 Å². The van der Waals surface area contributed by atoms with Crippen LogP contribution in [0.25, 0.3) is 0 Å². The molecule has 170 valence electrons. The minimum atomic E-state index is -0.0698. The monoisotopic (exact) mass is 431 g/mol. The summed E-state index contributed by atoms with van der Waals surface area (Å²) >= 11 is 0. The highest BCUT2D eigenvalue weighted by Gasteiger charge is 2.19. The lowest BCUT2D eigenvalue weighted by molar-refractivity contribution is 0.0943. The molecular weight excluding hydrogens is 394 g/mol. The molecule has 1 aromatic rings. The number of hydrogen-bond acceptors (Lipinski definition) is 2. The molecule has 4 heteroatoms. The Kier molecular flexibility index (Phi) is 9.01. The lowest BCUT2D eigenvalue weighted by atomic mass is 9.99. The zero-order valence-electron chi connectivity index (χ0n) is 20.4. The van der Waals surface area contributed by atoms with Gasteiger partial charge in [0.1, 0.15) is 5.84 Å². The fraction of sp³-hybridized carbons (Fsp3) is 0.357. The number of nitrogens with two attached hydrogens (primary N) is 1. The molecule has 0 bridgehead atoms. The molecular formula is C28H37N3O. The van der Waals surface area contributed by atoms with Gasteiger partial charge in [0.15, 0.2) is 0 Å². The smallest absolute Gasteiger partial charge is 0.252 e. The minimum absolute atomic E-state index is 0.0331. The summed E-state index contributed by atoms with van der Waals surface area (Å²) in [6.07, 6.45) is 12.7. The van der Waals surface area contributed by atoms with Crippen molar-refractivity contribution in [2.75, 3.05) is 0 Å². The molecule has 0 aromatic heterocycles. The van der Waals surface area contributed by atoms with Crippen molar-refractivity contribution >= 4 is 11.7 Å². The van der Waals surface area contributed by atoms with E-state index in [9.17, 15) is 4.79 Å². The summed E-state index contributed by atoms with van der Waals surface area (Å²) in [6.45, 7) is 15.7. The number of amides is 1. The number of aryl methyl sites for hydroxylation is 3. The van der Waals surface area contributed by atoms with E-state index in [4.69, 9.17) is 5.73 Å². The topological polar surface area (TPSA) is 67.5 Å². The molecule has 2 rings (SSSR count). The fourth-order valence-electron chi connectivity index (χ4n) is 3.32. The van der Waals surface area contributed by atoms with Crippen molar-refractivity contribution < 1.29 is 4.79 Å². The molecule has 0 aliphatic heterocycles. The first-order valence-corrected chi connectivity index (χ1v) is 11.2. The molecule has 1 fully saturated rings. The first-order chi connectivity index (χ1) is 15.1. The Morgan fingerprint density at radius 2 is 1.81 bits per heavy atom. The van der Waals surface area contributed by atoms with Gasteiger partial charge >= 0.3 is 0 Å². The van der Waals surface area contributed by atoms with Gasteiger partial charge in [0.2, 0.25) is 0 Å². The molecule has 0 heterocycles. The van der Waals surface area contributed by atoms with Crippen LogP contribution >= 0.6 is 0 Å². The Labute approximate surface area is 193 Å². The second-order valence-electron chi connectivity index (χ2n) is 8.57. The van der Waals surface area contributed by atoms with Gasteiger partial charge in [-0.3, -0.25) is 4.79 Å². The number of nitrogens with one attached hydrogen (secondary N) is 1. The van der Waals surface area contributed by atoms with Gasteiger partial charge in [-0.25, -0.2) is 4.99 Å². The molecule has 1 saturated carbocycles. The number of carbonyl (C=O) groups excluding carboxylic acids is 1. The van der Waals surface area contributed by atoms with Crippen LogP contribution in [0.15, 0.2) is 76.5 Å². The van der Waals surface area contributed by atoms with E-state index in [-0.39, 0.29) is 11.9 Å². The van der Waals surface area contributed by atoms with E-state index in [0.717, 1.165) is 46.4 Å². The maximum atomic E-state index is 13.1. The van der Waals surface area contributed by atoms with Crippen LogP contribution in [0, 0.1) is 20.8 Å². The molecule has 1 aliphatic rings. The number of benzene rings is 1. The molecule has 0 radical (unpaired) electrons. The third kappa shape index (κ3) is 7.52. The molecule has 32 heavy (non-hydrogen) atoms. The maximum Gasteiger partial charge on any atom is 0.252 e. The van der Waals surface area contributed by atoms with Crippen LogP contribution in [0.3, 0.4) is 0 Å². The van der Waals surface area contributed by atoms with Gasteiger partial charge < -0.3 is 11.1 Å². The maximum absolute atomic E-state index is 13.1. The Hall–Kier alpha value is -3.14. The average Bonchev–Trinajstić information content (AvgIpc) is 3.56. The molecule has 1 aliphatic carbocycles. The molecule has 1 atom stereocenters. The molecule has 1 unspecified atom stereocenters. The Morgan fingerprint density at radius 1 is 1.16 bits per heavy atom. The van der Waals surface area contributed by atoms with Crippen molar-refractivity contribution in [3.63, 3.8) is 0 Å². The van der Waals surface area contributed by atoms with E-state index in [2.05, 4.69) is 36.0 Å². The third-order valence-electron chi connectivity index (χ3n) is 5.85. The van der Waals surface area contributed by atoms with Crippen LogP contribution in [-0.4, -0.2) is 17.8 Å². The Bertz CT molecular complexity index is 1030. The van der Waals surface area contributed by atoms with E-state index in [0.29, 0.717) is 12.3 Å². The average molecular weight is 432 g/mol. The lowest BCUT2D eigenvalue weighted by Crippen LogP contribution is -2.34. The highest BCUT2D eigenvalue weighted by Crippen LogP contribution is 2.29. The fourth-order valence-corrected chi connectivity index (χ4v) is 3.32. The van der Waals surface area contributed by atoms with Crippen LogP contribution in [0.5, 0.6) is 0 Å². The number of aliphatic imine (C=N–C) groups is 1. The predicted molar refractivity (Wildman–Crippen MR) is 137 cm³/mol. The summed E-state index contributed by atoms with van der Waals surface area (Å²) in [6, 6.07) is 3.99. The highest BCUT2D eigenvalue weighted by molar-refractivity contribution is 5.96. The van der Waals surface area contributed by atoms with Crippen molar-refractivity contribution in [1.82, 2.24) is 5.32 Å². The summed E-state index contributed by atoms with van der Waals surface area (Å²) in [5.41, 5.74) is 14.5. The lowest BCUT2D eigenvalue weighted by Gasteiger charge is -2.18. The van der Waals surface area contributed by atoms with Crippen LogP contribution in [0.2, 0.25) is 0 Å². The number of rotatable bonds is 9. The first-order valence-electron chi connectivity index (χ1n) is 11.2. The van der Waals surface area contributed by atoms with Gasteiger partial charge in [0.25, 0.3) is 5.91 Å². The molecule has 1 amide bonds. The predicted octanol–water partition coefficient (Wildman–Crippen LogP) is 6.16. The summed E-state index contributed by atoms with van der Waals surface area (Å²) in [5, 5.41) is 3.23. The molecule has 0 saturated heterocycles.